The highest BCUT2D eigenvalue weighted by Gasteiger charge is 2.22. The minimum absolute atomic E-state index is 0.109. The summed E-state index contributed by atoms with van der Waals surface area (Å²) in [5.41, 5.74) is 5.30. The molecule has 19 heavy (non-hydrogen) atoms. The number of carboxylic acid groups (broad SMARTS) is 1. The van der Waals surface area contributed by atoms with Gasteiger partial charge in [0.15, 0.2) is 0 Å². The molecular weight excluding hydrogens is 251 g/mol. The van der Waals surface area contributed by atoms with Crippen molar-refractivity contribution in [3.63, 3.8) is 0 Å². The van der Waals surface area contributed by atoms with Gasteiger partial charge >= 0.3 is 5.97 Å². The monoisotopic (exact) mass is 268 g/mol. The van der Waals surface area contributed by atoms with E-state index < -0.39 is 17.7 Å². The molecule has 0 aliphatic heterocycles. The molecule has 0 fully saturated rings. The van der Waals surface area contributed by atoms with Gasteiger partial charge in [0.2, 0.25) is 0 Å². The number of amides is 1. The van der Waals surface area contributed by atoms with Crippen molar-refractivity contribution in [2.24, 2.45) is 5.73 Å². The summed E-state index contributed by atoms with van der Waals surface area (Å²) in [6.07, 6.45) is -0.109. The van der Waals surface area contributed by atoms with E-state index >= 15 is 0 Å². The Kier molecular flexibility index (Phi) is 4.86. The Balaban J connectivity index is 3.21. The molecule has 5 nitrogen and oxygen atoms in total. The zero-order valence-electron chi connectivity index (χ0n) is 10.9. The highest BCUT2D eigenvalue weighted by Crippen LogP contribution is 2.25. The van der Waals surface area contributed by atoms with Crippen molar-refractivity contribution in [3.05, 3.63) is 29.6 Å². The van der Waals surface area contributed by atoms with Crippen molar-refractivity contribution in [1.82, 2.24) is 0 Å². The zero-order chi connectivity index (χ0) is 14.6. The number of primary amides is 1. The molecular formula is C13H17FN2O3. The minimum Gasteiger partial charge on any atom is -0.481 e. The number of hydrogen-bond acceptors (Lipinski definition) is 3. The van der Waals surface area contributed by atoms with Crippen molar-refractivity contribution in [3.8, 4) is 0 Å². The van der Waals surface area contributed by atoms with Crippen molar-refractivity contribution in [1.29, 1.82) is 0 Å². The zero-order valence-corrected chi connectivity index (χ0v) is 10.9. The quantitative estimate of drug-likeness (QED) is 0.821. The first-order chi connectivity index (χ1) is 8.88. The van der Waals surface area contributed by atoms with Gasteiger partial charge in [0.05, 0.1) is 17.7 Å². The summed E-state index contributed by atoms with van der Waals surface area (Å²) in [5.74, 6) is -2.52. The summed E-state index contributed by atoms with van der Waals surface area (Å²) in [6.45, 7) is 3.94. The Labute approximate surface area is 110 Å². The summed E-state index contributed by atoms with van der Waals surface area (Å²) >= 11 is 0. The number of halogens is 1. The molecule has 6 heteroatoms. The first-order valence-corrected chi connectivity index (χ1v) is 5.95. The van der Waals surface area contributed by atoms with Gasteiger partial charge in [0.25, 0.3) is 5.91 Å². The third-order valence-corrected chi connectivity index (χ3v) is 2.89. The van der Waals surface area contributed by atoms with E-state index in [0.29, 0.717) is 12.2 Å². The summed E-state index contributed by atoms with van der Waals surface area (Å²) in [4.78, 5) is 23.8. The number of nitrogens with two attached hydrogens (primary N) is 1. The van der Waals surface area contributed by atoms with Crippen LogP contribution in [-0.2, 0) is 4.79 Å². The van der Waals surface area contributed by atoms with Crippen molar-refractivity contribution in [2.45, 2.75) is 26.3 Å². The van der Waals surface area contributed by atoms with Crippen LogP contribution in [0.15, 0.2) is 18.2 Å². The van der Waals surface area contributed by atoms with Crippen molar-refractivity contribution < 1.29 is 19.1 Å². The fourth-order valence-corrected chi connectivity index (χ4v) is 2.08. The van der Waals surface area contributed by atoms with E-state index in [4.69, 9.17) is 10.8 Å². The summed E-state index contributed by atoms with van der Waals surface area (Å²) in [7, 11) is 0. The number of nitrogens with zero attached hydrogens (tertiary/aromatic N) is 1. The Morgan fingerprint density at radius 2 is 2.11 bits per heavy atom. The first-order valence-electron chi connectivity index (χ1n) is 5.95. The second kappa shape index (κ2) is 6.17. The average molecular weight is 268 g/mol. The maximum atomic E-state index is 13.7. The fraction of sp³-hybridized carbons (Fsp3) is 0.385. The highest BCUT2D eigenvalue weighted by molar-refractivity contribution is 5.99. The highest BCUT2D eigenvalue weighted by atomic mass is 19.1. The van der Waals surface area contributed by atoms with Crippen LogP contribution in [0.3, 0.4) is 0 Å². The molecule has 1 atom stereocenters. The Hall–Kier alpha value is -2.11. The molecule has 1 rings (SSSR count). The van der Waals surface area contributed by atoms with Crippen LogP contribution in [0.2, 0.25) is 0 Å². The second-order valence-electron chi connectivity index (χ2n) is 4.23. The van der Waals surface area contributed by atoms with Gasteiger partial charge in [-0.15, -0.1) is 0 Å². The number of carboxylic acids is 1. The van der Waals surface area contributed by atoms with Gasteiger partial charge in [-0.1, -0.05) is 6.07 Å². The number of carbonyl (C=O) groups is 2. The van der Waals surface area contributed by atoms with Crippen LogP contribution in [0.1, 0.15) is 30.6 Å². The molecule has 0 spiro atoms. The Morgan fingerprint density at radius 1 is 1.47 bits per heavy atom. The molecule has 0 aliphatic rings. The Bertz CT molecular complexity index is 491. The summed E-state index contributed by atoms with van der Waals surface area (Å²) in [6, 6.07) is 3.81. The van der Waals surface area contributed by atoms with Gasteiger partial charge in [-0.3, -0.25) is 9.59 Å². The molecule has 3 N–H and O–H groups in total. The normalized spacial score (nSPS) is 11.9. The molecule has 1 aromatic carbocycles. The predicted octanol–water partition coefficient (Wildman–Crippen LogP) is 1.61. The van der Waals surface area contributed by atoms with Crippen LogP contribution in [-0.4, -0.2) is 29.6 Å². The van der Waals surface area contributed by atoms with Gasteiger partial charge in [0.1, 0.15) is 5.82 Å². The van der Waals surface area contributed by atoms with Gasteiger partial charge in [-0.2, -0.15) is 0 Å². The smallest absolute Gasteiger partial charge is 0.305 e. The van der Waals surface area contributed by atoms with Crippen LogP contribution in [0.25, 0.3) is 0 Å². The number of carbonyl (C=O) groups excluding carboxylic acids is 1. The topological polar surface area (TPSA) is 83.6 Å². The molecule has 1 unspecified atom stereocenters. The molecule has 0 saturated carbocycles. The van der Waals surface area contributed by atoms with Crippen LogP contribution in [0, 0.1) is 5.82 Å². The number of rotatable bonds is 6. The number of hydrogen-bond donors (Lipinski definition) is 2. The molecule has 0 heterocycles. The van der Waals surface area contributed by atoms with Crippen LogP contribution in [0.5, 0.6) is 0 Å². The van der Waals surface area contributed by atoms with E-state index in [0.717, 1.165) is 6.07 Å². The Morgan fingerprint density at radius 3 is 2.58 bits per heavy atom. The van der Waals surface area contributed by atoms with Crippen LogP contribution in [0.4, 0.5) is 10.1 Å². The SMILES string of the molecule is CCN(c1cccc(F)c1C(N)=O)C(C)CC(=O)O. The maximum Gasteiger partial charge on any atom is 0.305 e. The maximum absolute atomic E-state index is 13.7. The molecule has 0 bridgehead atoms. The number of aliphatic carboxylic acids is 1. The van der Waals surface area contributed by atoms with E-state index in [2.05, 4.69) is 0 Å². The van der Waals surface area contributed by atoms with E-state index in [1.807, 2.05) is 0 Å². The summed E-state index contributed by atoms with van der Waals surface area (Å²) in [5, 5.41) is 8.82. The average Bonchev–Trinajstić information content (AvgIpc) is 2.28. The minimum atomic E-state index is -0.956. The molecule has 0 saturated heterocycles. The van der Waals surface area contributed by atoms with Crippen molar-refractivity contribution in [2.75, 3.05) is 11.4 Å². The second-order valence-corrected chi connectivity index (χ2v) is 4.23. The molecule has 0 aliphatic carbocycles. The molecule has 104 valence electrons. The van der Waals surface area contributed by atoms with Gasteiger partial charge in [-0.25, -0.2) is 4.39 Å². The lowest BCUT2D eigenvalue weighted by molar-refractivity contribution is -0.137. The third-order valence-electron chi connectivity index (χ3n) is 2.89. The lowest BCUT2D eigenvalue weighted by Gasteiger charge is -2.30. The van der Waals surface area contributed by atoms with E-state index in [9.17, 15) is 14.0 Å². The lowest BCUT2D eigenvalue weighted by atomic mass is 10.1. The van der Waals surface area contributed by atoms with Crippen LogP contribution < -0.4 is 10.6 Å². The van der Waals surface area contributed by atoms with Crippen LogP contribution >= 0.6 is 0 Å². The molecule has 1 aromatic rings. The lowest BCUT2D eigenvalue weighted by Crippen LogP contribution is -2.36. The van der Waals surface area contributed by atoms with Gasteiger partial charge in [-0.05, 0) is 26.0 Å². The third kappa shape index (κ3) is 3.43. The number of benzene rings is 1. The predicted molar refractivity (Wildman–Crippen MR) is 69.7 cm³/mol. The van der Waals surface area contributed by atoms with Crippen molar-refractivity contribution >= 4 is 17.6 Å². The van der Waals surface area contributed by atoms with E-state index in [1.165, 1.54) is 6.07 Å². The standard InChI is InChI=1S/C13H17FN2O3/c1-3-16(8(2)7-11(17)18)10-6-4-5-9(14)12(10)13(15)19/h4-6,8H,3,7H2,1-2H3,(H2,15,19)(H,17,18). The van der Waals surface area contributed by atoms with Gasteiger partial charge in [0, 0.05) is 12.6 Å². The largest absolute Gasteiger partial charge is 0.481 e. The van der Waals surface area contributed by atoms with E-state index in [1.54, 1.807) is 24.8 Å². The number of anilines is 1. The van der Waals surface area contributed by atoms with E-state index in [-0.39, 0.29) is 18.0 Å². The molecule has 0 radical (unpaired) electrons. The first kappa shape index (κ1) is 14.9. The molecule has 1 amide bonds. The summed E-state index contributed by atoms with van der Waals surface area (Å²) < 4.78 is 13.7. The van der Waals surface area contributed by atoms with Gasteiger partial charge < -0.3 is 15.7 Å². The molecule has 0 aromatic heterocycles. The fourth-order valence-electron chi connectivity index (χ4n) is 2.08.